The highest BCUT2D eigenvalue weighted by molar-refractivity contribution is 7.80. The van der Waals surface area contributed by atoms with Crippen molar-refractivity contribution in [3.8, 4) is 0 Å². The van der Waals surface area contributed by atoms with Gasteiger partial charge in [0.25, 0.3) is 0 Å². The van der Waals surface area contributed by atoms with E-state index in [-0.39, 0.29) is 0 Å². The van der Waals surface area contributed by atoms with Crippen LogP contribution < -0.4 is 5.46 Å². The van der Waals surface area contributed by atoms with Crippen LogP contribution in [0.25, 0.3) is 0 Å². The lowest BCUT2D eigenvalue weighted by atomic mass is 9.80. The van der Waals surface area contributed by atoms with Crippen molar-refractivity contribution < 1.29 is 10.0 Å². The van der Waals surface area contributed by atoms with E-state index in [0.29, 0.717) is 10.4 Å². The lowest BCUT2D eigenvalue weighted by Gasteiger charge is -2.03. The topological polar surface area (TPSA) is 40.5 Å². The van der Waals surface area contributed by atoms with E-state index >= 15 is 0 Å². The standard InChI is InChI=1S/C7H9BO2S/c1-5-2-3-6(8(9)10)7(11)4-5/h2-4,9-11H,1H3. The molecule has 0 unspecified atom stereocenters. The fourth-order valence-electron chi connectivity index (χ4n) is 0.872. The fourth-order valence-corrected chi connectivity index (χ4v) is 1.27. The van der Waals surface area contributed by atoms with Gasteiger partial charge in [0.05, 0.1) is 0 Å². The third kappa shape index (κ3) is 1.99. The van der Waals surface area contributed by atoms with E-state index in [4.69, 9.17) is 10.0 Å². The highest BCUT2D eigenvalue weighted by Crippen LogP contribution is 2.05. The molecular formula is C7H9BO2S. The average molecular weight is 168 g/mol. The Morgan fingerprint density at radius 1 is 1.36 bits per heavy atom. The molecule has 1 rings (SSSR count). The molecule has 2 N–H and O–H groups in total. The zero-order valence-corrected chi connectivity index (χ0v) is 7.05. The summed E-state index contributed by atoms with van der Waals surface area (Å²) in [4.78, 5) is 0.611. The lowest BCUT2D eigenvalue weighted by Crippen LogP contribution is -2.30. The van der Waals surface area contributed by atoms with Gasteiger partial charge < -0.3 is 10.0 Å². The predicted molar refractivity (Wildman–Crippen MR) is 48.3 cm³/mol. The van der Waals surface area contributed by atoms with Crippen molar-refractivity contribution >= 4 is 25.2 Å². The first-order valence-electron chi connectivity index (χ1n) is 3.27. The predicted octanol–water partition coefficient (Wildman–Crippen LogP) is -0.0365. The van der Waals surface area contributed by atoms with E-state index < -0.39 is 7.12 Å². The number of aryl methyl sites for hydroxylation is 1. The molecule has 0 fully saturated rings. The molecule has 0 amide bonds. The summed E-state index contributed by atoms with van der Waals surface area (Å²) in [7, 11) is -1.43. The summed E-state index contributed by atoms with van der Waals surface area (Å²) in [6.45, 7) is 1.92. The van der Waals surface area contributed by atoms with Crippen LogP contribution in [0.15, 0.2) is 23.1 Å². The number of rotatable bonds is 1. The van der Waals surface area contributed by atoms with Crippen molar-refractivity contribution in [2.24, 2.45) is 0 Å². The Labute approximate surface area is 71.4 Å². The molecule has 0 aliphatic heterocycles. The number of hydrogen-bond donors (Lipinski definition) is 3. The second kappa shape index (κ2) is 3.30. The molecule has 0 atom stereocenters. The second-order valence-electron chi connectivity index (χ2n) is 2.44. The van der Waals surface area contributed by atoms with Gasteiger partial charge in [-0.15, -0.1) is 12.6 Å². The van der Waals surface area contributed by atoms with Gasteiger partial charge in [0.1, 0.15) is 0 Å². The van der Waals surface area contributed by atoms with Crippen molar-refractivity contribution in [1.82, 2.24) is 0 Å². The van der Waals surface area contributed by atoms with Crippen LogP contribution in [0.3, 0.4) is 0 Å². The maximum absolute atomic E-state index is 8.80. The SMILES string of the molecule is Cc1ccc(B(O)O)c(S)c1. The van der Waals surface area contributed by atoms with E-state index in [1.54, 1.807) is 12.1 Å². The largest absolute Gasteiger partial charge is 0.489 e. The highest BCUT2D eigenvalue weighted by atomic mass is 32.1. The first kappa shape index (κ1) is 8.65. The van der Waals surface area contributed by atoms with Gasteiger partial charge in [0.2, 0.25) is 0 Å². The van der Waals surface area contributed by atoms with E-state index in [1.807, 2.05) is 13.0 Å². The molecule has 0 aliphatic rings. The number of hydrogen-bond acceptors (Lipinski definition) is 3. The molecule has 2 nitrogen and oxygen atoms in total. The molecule has 0 radical (unpaired) electrons. The molecule has 58 valence electrons. The van der Waals surface area contributed by atoms with Crippen LogP contribution in [-0.4, -0.2) is 17.2 Å². The number of benzene rings is 1. The zero-order chi connectivity index (χ0) is 8.43. The minimum atomic E-state index is -1.43. The van der Waals surface area contributed by atoms with Crippen molar-refractivity contribution in [1.29, 1.82) is 0 Å². The van der Waals surface area contributed by atoms with Crippen molar-refractivity contribution in [2.45, 2.75) is 11.8 Å². The third-order valence-electron chi connectivity index (χ3n) is 1.46. The van der Waals surface area contributed by atoms with Gasteiger partial charge in [-0.05, 0) is 18.5 Å². The normalized spacial score (nSPS) is 9.82. The Bertz CT molecular complexity index is 263. The maximum atomic E-state index is 8.80. The monoisotopic (exact) mass is 168 g/mol. The molecule has 1 aromatic rings. The van der Waals surface area contributed by atoms with Gasteiger partial charge in [0.15, 0.2) is 0 Å². The summed E-state index contributed by atoms with van der Waals surface area (Å²) in [6, 6.07) is 5.26. The van der Waals surface area contributed by atoms with Gasteiger partial charge in [-0.1, -0.05) is 17.7 Å². The summed E-state index contributed by atoms with van der Waals surface area (Å²) in [5.41, 5.74) is 1.50. The third-order valence-corrected chi connectivity index (χ3v) is 1.85. The quantitative estimate of drug-likeness (QED) is 0.407. The van der Waals surface area contributed by atoms with E-state index in [2.05, 4.69) is 12.6 Å². The molecule has 0 aliphatic carbocycles. The molecular weight excluding hydrogens is 159 g/mol. The molecule has 0 bridgehead atoms. The number of thiol groups is 1. The summed E-state index contributed by atoms with van der Waals surface area (Å²) in [5, 5.41) is 17.6. The smallest absolute Gasteiger partial charge is 0.423 e. The minimum absolute atomic E-state index is 0.443. The maximum Gasteiger partial charge on any atom is 0.489 e. The molecule has 11 heavy (non-hydrogen) atoms. The van der Waals surface area contributed by atoms with Crippen LogP contribution in [0.1, 0.15) is 5.56 Å². The van der Waals surface area contributed by atoms with Gasteiger partial charge in [0, 0.05) is 4.90 Å². The first-order chi connectivity index (χ1) is 5.11. The van der Waals surface area contributed by atoms with Crippen molar-refractivity contribution in [2.75, 3.05) is 0 Å². The molecule has 4 heteroatoms. The van der Waals surface area contributed by atoms with Crippen LogP contribution in [0, 0.1) is 6.92 Å². The van der Waals surface area contributed by atoms with E-state index in [9.17, 15) is 0 Å². The van der Waals surface area contributed by atoms with Crippen LogP contribution in [0.4, 0.5) is 0 Å². The van der Waals surface area contributed by atoms with Gasteiger partial charge in [-0.25, -0.2) is 0 Å². The summed E-state index contributed by atoms with van der Waals surface area (Å²) in [5.74, 6) is 0. The van der Waals surface area contributed by atoms with Gasteiger partial charge in [-0.3, -0.25) is 0 Å². The first-order valence-corrected chi connectivity index (χ1v) is 3.71. The van der Waals surface area contributed by atoms with Crippen molar-refractivity contribution in [3.05, 3.63) is 23.8 Å². The molecule has 0 spiro atoms. The van der Waals surface area contributed by atoms with E-state index in [1.165, 1.54) is 0 Å². The summed E-state index contributed by atoms with van der Waals surface area (Å²) < 4.78 is 0. The summed E-state index contributed by atoms with van der Waals surface area (Å²) >= 11 is 4.09. The molecule has 0 saturated heterocycles. The van der Waals surface area contributed by atoms with Crippen LogP contribution >= 0.6 is 12.6 Å². The van der Waals surface area contributed by atoms with E-state index in [0.717, 1.165) is 5.56 Å². The highest BCUT2D eigenvalue weighted by Gasteiger charge is 2.13. The second-order valence-corrected chi connectivity index (χ2v) is 2.92. The van der Waals surface area contributed by atoms with Crippen LogP contribution in [-0.2, 0) is 0 Å². The zero-order valence-electron chi connectivity index (χ0n) is 6.15. The van der Waals surface area contributed by atoms with Gasteiger partial charge in [-0.2, -0.15) is 0 Å². The summed E-state index contributed by atoms with van der Waals surface area (Å²) in [6.07, 6.45) is 0. The Morgan fingerprint density at radius 2 is 2.00 bits per heavy atom. The van der Waals surface area contributed by atoms with Crippen LogP contribution in [0.2, 0.25) is 0 Å². The van der Waals surface area contributed by atoms with Crippen LogP contribution in [0.5, 0.6) is 0 Å². The van der Waals surface area contributed by atoms with Crippen molar-refractivity contribution in [3.63, 3.8) is 0 Å². The Morgan fingerprint density at radius 3 is 2.45 bits per heavy atom. The molecule has 0 aromatic heterocycles. The Kier molecular flexibility index (Phi) is 2.60. The Balaban J connectivity index is 3.09. The van der Waals surface area contributed by atoms with Gasteiger partial charge >= 0.3 is 7.12 Å². The molecule has 0 saturated carbocycles. The average Bonchev–Trinajstić information content (AvgIpc) is 1.85. The molecule has 0 heterocycles. The lowest BCUT2D eigenvalue weighted by molar-refractivity contribution is 0.425. The minimum Gasteiger partial charge on any atom is -0.423 e. The fraction of sp³-hybridized carbons (Fsp3) is 0.143. The molecule has 1 aromatic carbocycles. The Hall–Kier alpha value is -0.445.